The monoisotopic (exact) mass is 410 g/mol. The number of ether oxygens (including phenoxy) is 1. The molecular formula is C21H19BrN2O2. The number of allylic oxidation sites excluding steroid dienone is 1. The largest absolute Gasteiger partial charge is 0.461 e. The molecule has 0 aliphatic rings. The van der Waals surface area contributed by atoms with Gasteiger partial charge in [-0.25, -0.2) is 9.48 Å². The van der Waals surface area contributed by atoms with Crippen LogP contribution in [0.4, 0.5) is 0 Å². The second-order valence-corrected chi connectivity index (χ2v) is 6.68. The van der Waals surface area contributed by atoms with Crippen LogP contribution in [0.3, 0.4) is 0 Å². The van der Waals surface area contributed by atoms with Crippen molar-refractivity contribution in [3.8, 4) is 5.69 Å². The van der Waals surface area contributed by atoms with E-state index in [1.807, 2.05) is 61.5 Å². The van der Waals surface area contributed by atoms with Crippen molar-refractivity contribution in [3.05, 3.63) is 82.1 Å². The number of carbonyl (C=O) groups excluding carboxylic acids is 1. The van der Waals surface area contributed by atoms with Gasteiger partial charge in [0.1, 0.15) is 0 Å². The summed E-state index contributed by atoms with van der Waals surface area (Å²) in [6, 6.07) is 19.6. The fraction of sp³-hybridized carbons (Fsp3) is 0.143. The molecule has 2 aromatic carbocycles. The highest BCUT2D eigenvalue weighted by Gasteiger charge is 2.17. The molecule has 0 spiro atoms. The number of hydrogen-bond acceptors (Lipinski definition) is 3. The Kier molecular flexibility index (Phi) is 5.68. The van der Waals surface area contributed by atoms with Crippen LogP contribution in [0.5, 0.6) is 0 Å². The van der Waals surface area contributed by atoms with Crippen LogP contribution in [0, 0.1) is 0 Å². The average molecular weight is 411 g/mol. The summed E-state index contributed by atoms with van der Waals surface area (Å²) >= 11 is 3.44. The molecule has 5 heteroatoms. The van der Waals surface area contributed by atoms with E-state index in [2.05, 4.69) is 27.1 Å². The Bertz CT molecular complexity index is 928. The summed E-state index contributed by atoms with van der Waals surface area (Å²) in [5.41, 5.74) is 4.11. The van der Waals surface area contributed by atoms with E-state index >= 15 is 0 Å². The van der Waals surface area contributed by atoms with Crippen LogP contribution in [0.15, 0.2) is 65.1 Å². The minimum Gasteiger partial charge on any atom is -0.461 e. The molecule has 1 heterocycles. The Morgan fingerprint density at radius 1 is 1.15 bits per heavy atom. The molecule has 132 valence electrons. The lowest BCUT2D eigenvalue weighted by Crippen LogP contribution is -2.07. The summed E-state index contributed by atoms with van der Waals surface area (Å²) in [5, 5.41) is 4.48. The third kappa shape index (κ3) is 4.11. The molecule has 0 saturated carbocycles. The van der Waals surface area contributed by atoms with Crippen molar-refractivity contribution in [1.82, 2.24) is 9.78 Å². The van der Waals surface area contributed by atoms with E-state index in [1.165, 1.54) is 0 Å². The molecule has 0 fully saturated rings. The lowest BCUT2D eigenvalue weighted by molar-refractivity contribution is 0.0519. The topological polar surface area (TPSA) is 44.1 Å². The molecule has 26 heavy (non-hydrogen) atoms. The van der Waals surface area contributed by atoms with Crippen molar-refractivity contribution in [3.63, 3.8) is 0 Å². The second kappa shape index (κ2) is 8.15. The fourth-order valence-electron chi connectivity index (χ4n) is 2.62. The molecule has 0 unspecified atom stereocenters. The van der Waals surface area contributed by atoms with E-state index in [9.17, 15) is 4.79 Å². The number of aromatic nitrogens is 2. The van der Waals surface area contributed by atoms with Gasteiger partial charge >= 0.3 is 5.97 Å². The first-order valence-electron chi connectivity index (χ1n) is 8.35. The van der Waals surface area contributed by atoms with Crippen LogP contribution >= 0.6 is 15.9 Å². The first-order valence-corrected chi connectivity index (χ1v) is 9.14. The molecule has 0 aliphatic heterocycles. The normalized spacial score (nSPS) is 11.4. The molecule has 0 N–H and O–H groups in total. The Hall–Kier alpha value is -2.66. The van der Waals surface area contributed by atoms with Crippen LogP contribution < -0.4 is 0 Å². The van der Waals surface area contributed by atoms with Gasteiger partial charge in [0.05, 0.1) is 18.0 Å². The van der Waals surface area contributed by atoms with Gasteiger partial charge in [-0.1, -0.05) is 46.3 Å². The summed E-state index contributed by atoms with van der Waals surface area (Å²) in [6.45, 7) is 4.11. The summed E-state index contributed by atoms with van der Waals surface area (Å²) in [5.74, 6) is -0.419. The Morgan fingerprint density at radius 2 is 1.85 bits per heavy atom. The first-order chi connectivity index (χ1) is 12.6. The van der Waals surface area contributed by atoms with Gasteiger partial charge in [0.2, 0.25) is 0 Å². The average Bonchev–Trinajstić information content (AvgIpc) is 3.09. The lowest BCUT2D eigenvalue weighted by atomic mass is 10.1. The molecule has 1 aromatic heterocycles. The molecule has 3 aromatic rings. The van der Waals surface area contributed by atoms with Gasteiger partial charge < -0.3 is 4.74 Å². The van der Waals surface area contributed by atoms with Gasteiger partial charge in [0.15, 0.2) is 5.69 Å². The minimum absolute atomic E-state index is 0.297. The smallest absolute Gasteiger partial charge is 0.358 e. The zero-order chi connectivity index (χ0) is 18.5. The van der Waals surface area contributed by atoms with E-state index in [-0.39, 0.29) is 0 Å². The van der Waals surface area contributed by atoms with Crippen LogP contribution in [-0.4, -0.2) is 22.4 Å². The quantitative estimate of drug-likeness (QED) is 0.530. The maximum atomic E-state index is 12.2. The van der Waals surface area contributed by atoms with Crippen LogP contribution in [0.1, 0.15) is 35.6 Å². The number of hydrogen-bond donors (Lipinski definition) is 0. The van der Waals surface area contributed by atoms with Gasteiger partial charge in [-0.05, 0) is 61.4 Å². The molecule has 0 amide bonds. The zero-order valence-corrected chi connectivity index (χ0v) is 16.2. The van der Waals surface area contributed by atoms with Gasteiger partial charge in [-0.15, -0.1) is 0 Å². The van der Waals surface area contributed by atoms with Crippen molar-refractivity contribution in [2.24, 2.45) is 0 Å². The van der Waals surface area contributed by atoms with Gasteiger partial charge in [0.25, 0.3) is 0 Å². The Balaban J connectivity index is 2.08. The molecular weight excluding hydrogens is 392 g/mol. The van der Waals surface area contributed by atoms with Crippen LogP contribution in [0.25, 0.3) is 17.3 Å². The zero-order valence-electron chi connectivity index (χ0n) is 14.6. The molecule has 0 bridgehead atoms. The lowest BCUT2D eigenvalue weighted by Gasteiger charge is -2.08. The second-order valence-electron chi connectivity index (χ2n) is 5.76. The van der Waals surface area contributed by atoms with Gasteiger partial charge in [0, 0.05) is 4.47 Å². The molecule has 4 nitrogen and oxygen atoms in total. The van der Waals surface area contributed by atoms with E-state index < -0.39 is 5.97 Å². The van der Waals surface area contributed by atoms with Gasteiger partial charge in [-0.2, -0.15) is 5.10 Å². The van der Waals surface area contributed by atoms with Crippen LogP contribution in [-0.2, 0) is 4.74 Å². The van der Waals surface area contributed by atoms with Crippen molar-refractivity contribution in [1.29, 1.82) is 0 Å². The number of halogens is 1. The van der Waals surface area contributed by atoms with Crippen molar-refractivity contribution >= 4 is 33.5 Å². The number of benzene rings is 2. The number of rotatable bonds is 5. The van der Waals surface area contributed by atoms with Crippen LogP contribution in [0.2, 0.25) is 0 Å². The summed E-state index contributed by atoms with van der Waals surface area (Å²) in [4.78, 5) is 12.2. The summed E-state index contributed by atoms with van der Waals surface area (Å²) < 4.78 is 7.86. The standard InChI is InChI=1S/C21H19BrN2O2/c1-3-26-21(25)19-14-20(15(2)13-16-7-5-4-6-8-16)24(23-19)18-11-9-17(22)10-12-18/h4-14H,3H2,1-2H3/b15-13+. The fourth-order valence-corrected chi connectivity index (χ4v) is 2.88. The SMILES string of the molecule is CCOC(=O)c1cc(/C(C)=C/c2ccccc2)n(-c2ccc(Br)cc2)n1. The van der Waals surface area contributed by atoms with E-state index in [0.29, 0.717) is 12.3 Å². The third-order valence-corrected chi connectivity index (χ3v) is 4.38. The van der Waals surface area contributed by atoms with E-state index in [0.717, 1.165) is 27.0 Å². The highest BCUT2D eigenvalue weighted by Crippen LogP contribution is 2.24. The predicted molar refractivity (Wildman–Crippen MR) is 107 cm³/mol. The Morgan fingerprint density at radius 3 is 2.50 bits per heavy atom. The number of carbonyl (C=O) groups is 1. The summed E-state index contributed by atoms with van der Waals surface area (Å²) in [6.07, 6.45) is 2.07. The van der Waals surface area contributed by atoms with E-state index in [1.54, 1.807) is 17.7 Å². The van der Waals surface area contributed by atoms with Crippen molar-refractivity contribution < 1.29 is 9.53 Å². The highest BCUT2D eigenvalue weighted by molar-refractivity contribution is 9.10. The predicted octanol–water partition coefficient (Wildman–Crippen LogP) is 5.37. The van der Waals surface area contributed by atoms with E-state index in [4.69, 9.17) is 4.74 Å². The number of esters is 1. The first kappa shape index (κ1) is 18.1. The Labute approximate surface area is 161 Å². The minimum atomic E-state index is -0.419. The highest BCUT2D eigenvalue weighted by atomic mass is 79.9. The number of nitrogens with zero attached hydrogens (tertiary/aromatic N) is 2. The molecule has 0 aliphatic carbocycles. The summed E-state index contributed by atoms with van der Waals surface area (Å²) in [7, 11) is 0. The van der Waals surface area contributed by atoms with Crippen molar-refractivity contribution in [2.75, 3.05) is 6.61 Å². The maximum absolute atomic E-state index is 12.2. The molecule has 3 rings (SSSR count). The third-order valence-electron chi connectivity index (χ3n) is 3.85. The molecule has 0 radical (unpaired) electrons. The van der Waals surface area contributed by atoms with Crippen molar-refractivity contribution in [2.45, 2.75) is 13.8 Å². The maximum Gasteiger partial charge on any atom is 0.358 e. The molecule has 0 saturated heterocycles. The molecule has 0 atom stereocenters. The van der Waals surface area contributed by atoms with Gasteiger partial charge in [-0.3, -0.25) is 0 Å².